The molecule has 1 saturated heterocycles. The Labute approximate surface area is 94.6 Å². The van der Waals surface area contributed by atoms with Gasteiger partial charge in [-0.3, -0.25) is 0 Å². The molecule has 2 unspecified atom stereocenters. The molecule has 2 heteroatoms. The zero-order valence-corrected chi connectivity index (χ0v) is 10.4. The largest absolute Gasteiger partial charge is 0.301 e. The van der Waals surface area contributed by atoms with Gasteiger partial charge in [-0.1, -0.05) is 20.3 Å². The van der Waals surface area contributed by atoms with Crippen LogP contribution < -0.4 is 0 Å². The Morgan fingerprint density at radius 1 is 1.00 bits per heavy atom. The summed E-state index contributed by atoms with van der Waals surface area (Å²) in [7, 11) is 0. The summed E-state index contributed by atoms with van der Waals surface area (Å²) in [6.45, 7) is 12.5. The van der Waals surface area contributed by atoms with Gasteiger partial charge >= 0.3 is 0 Å². The van der Waals surface area contributed by atoms with Crippen LogP contribution in [0.3, 0.4) is 0 Å². The summed E-state index contributed by atoms with van der Waals surface area (Å²) < 4.78 is 0. The molecule has 88 valence electrons. The molecular weight excluding hydrogens is 184 g/mol. The second kappa shape index (κ2) is 5.31. The molecule has 2 nitrogen and oxygen atoms in total. The molecule has 1 aliphatic heterocycles. The van der Waals surface area contributed by atoms with Crippen LogP contribution in [0.25, 0.3) is 0 Å². The van der Waals surface area contributed by atoms with E-state index in [2.05, 4.69) is 23.6 Å². The van der Waals surface area contributed by atoms with E-state index in [4.69, 9.17) is 0 Å². The van der Waals surface area contributed by atoms with E-state index in [0.717, 1.165) is 11.8 Å². The van der Waals surface area contributed by atoms with Gasteiger partial charge in [0.15, 0.2) is 0 Å². The highest BCUT2D eigenvalue weighted by Crippen LogP contribution is 2.30. The number of piperazine rings is 1. The van der Waals surface area contributed by atoms with Crippen molar-refractivity contribution in [2.45, 2.75) is 33.1 Å². The minimum absolute atomic E-state index is 0.993. The van der Waals surface area contributed by atoms with Crippen LogP contribution in [0.1, 0.15) is 33.1 Å². The van der Waals surface area contributed by atoms with Crippen molar-refractivity contribution < 1.29 is 0 Å². The molecule has 0 N–H and O–H groups in total. The van der Waals surface area contributed by atoms with Gasteiger partial charge in [-0.15, -0.1) is 0 Å². The Morgan fingerprint density at radius 3 is 2.20 bits per heavy atom. The first-order valence-corrected chi connectivity index (χ1v) is 6.72. The summed E-state index contributed by atoms with van der Waals surface area (Å²) in [6.07, 6.45) is 4.43. The molecule has 2 rings (SSSR count). The third kappa shape index (κ3) is 3.18. The van der Waals surface area contributed by atoms with Crippen molar-refractivity contribution in [1.29, 1.82) is 0 Å². The quantitative estimate of drug-likeness (QED) is 0.703. The lowest BCUT2D eigenvalue weighted by Crippen LogP contribution is -2.47. The van der Waals surface area contributed by atoms with Crippen LogP contribution in [0.15, 0.2) is 0 Å². The molecule has 0 radical (unpaired) electrons. The van der Waals surface area contributed by atoms with Gasteiger partial charge in [0.2, 0.25) is 0 Å². The highest BCUT2D eigenvalue weighted by molar-refractivity contribution is 4.78. The highest BCUT2D eigenvalue weighted by Gasteiger charge is 2.24. The SMILES string of the molecule is CCN1CCN(CC2CCC(C)C2)CC1. The molecule has 15 heavy (non-hydrogen) atoms. The molecule has 2 aliphatic rings. The van der Waals surface area contributed by atoms with Crippen molar-refractivity contribution in [3.63, 3.8) is 0 Å². The normalized spacial score (nSPS) is 34.8. The smallest absolute Gasteiger partial charge is 0.0110 e. The first-order valence-electron chi connectivity index (χ1n) is 6.72. The summed E-state index contributed by atoms with van der Waals surface area (Å²) in [4.78, 5) is 5.25. The fourth-order valence-electron chi connectivity index (χ4n) is 3.14. The van der Waals surface area contributed by atoms with E-state index in [1.54, 1.807) is 0 Å². The van der Waals surface area contributed by atoms with Gasteiger partial charge in [0.1, 0.15) is 0 Å². The molecule has 1 saturated carbocycles. The Bertz CT molecular complexity index is 185. The maximum absolute atomic E-state index is 2.69. The zero-order valence-electron chi connectivity index (χ0n) is 10.4. The molecule has 1 heterocycles. The Kier molecular flexibility index (Phi) is 4.04. The van der Waals surface area contributed by atoms with Crippen LogP contribution in [0.4, 0.5) is 0 Å². The Hall–Kier alpha value is -0.0800. The third-order valence-electron chi connectivity index (χ3n) is 4.23. The predicted molar refractivity (Wildman–Crippen MR) is 65.1 cm³/mol. The summed E-state index contributed by atoms with van der Waals surface area (Å²) in [5.74, 6) is 2.00. The second-order valence-corrected chi connectivity index (χ2v) is 5.52. The molecule has 0 aromatic heterocycles. The van der Waals surface area contributed by atoms with Crippen LogP contribution >= 0.6 is 0 Å². The fourth-order valence-corrected chi connectivity index (χ4v) is 3.14. The average Bonchev–Trinajstić information content (AvgIpc) is 2.65. The van der Waals surface area contributed by atoms with E-state index < -0.39 is 0 Å². The van der Waals surface area contributed by atoms with Crippen LogP contribution in [-0.2, 0) is 0 Å². The first-order chi connectivity index (χ1) is 7.28. The highest BCUT2D eigenvalue weighted by atomic mass is 15.3. The lowest BCUT2D eigenvalue weighted by atomic mass is 10.1. The van der Waals surface area contributed by atoms with Crippen LogP contribution in [0, 0.1) is 11.8 Å². The van der Waals surface area contributed by atoms with Crippen LogP contribution in [-0.4, -0.2) is 49.1 Å². The van der Waals surface area contributed by atoms with Crippen molar-refractivity contribution in [1.82, 2.24) is 9.80 Å². The van der Waals surface area contributed by atoms with Crippen molar-refractivity contribution in [3.8, 4) is 0 Å². The summed E-state index contributed by atoms with van der Waals surface area (Å²) >= 11 is 0. The summed E-state index contributed by atoms with van der Waals surface area (Å²) in [6, 6.07) is 0. The first kappa shape index (κ1) is 11.4. The van der Waals surface area contributed by atoms with Crippen LogP contribution in [0.5, 0.6) is 0 Å². The van der Waals surface area contributed by atoms with Crippen molar-refractivity contribution in [3.05, 3.63) is 0 Å². The standard InChI is InChI=1S/C13H26N2/c1-3-14-6-8-15(9-7-14)11-13-5-4-12(2)10-13/h12-13H,3-11H2,1-2H3. The molecule has 0 amide bonds. The number of likely N-dealkylation sites (N-methyl/N-ethyl adjacent to an activating group) is 1. The monoisotopic (exact) mass is 210 g/mol. The lowest BCUT2D eigenvalue weighted by Gasteiger charge is -2.35. The average molecular weight is 210 g/mol. The molecule has 0 spiro atoms. The van der Waals surface area contributed by atoms with Crippen molar-refractivity contribution in [2.75, 3.05) is 39.3 Å². The molecular formula is C13H26N2. The van der Waals surface area contributed by atoms with Gasteiger partial charge in [-0.25, -0.2) is 0 Å². The molecule has 0 aromatic rings. The van der Waals surface area contributed by atoms with Gasteiger partial charge in [0, 0.05) is 32.7 Å². The molecule has 1 aliphatic carbocycles. The number of hydrogen-bond donors (Lipinski definition) is 0. The predicted octanol–water partition coefficient (Wildman–Crippen LogP) is 2.06. The third-order valence-corrected chi connectivity index (χ3v) is 4.23. The van der Waals surface area contributed by atoms with Gasteiger partial charge in [-0.2, -0.15) is 0 Å². The number of rotatable bonds is 3. The Morgan fingerprint density at radius 2 is 1.67 bits per heavy atom. The van der Waals surface area contributed by atoms with E-state index >= 15 is 0 Å². The van der Waals surface area contributed by atoms with E-state index in [-0.39, 0.29) is 0 Å². The number of nitrogens with zero attached hydrogens (tertiary/aromatic N) is 2. The summed E-state index contributed by atoms with van der Waals surface area (Å²) in [5, 5.41) is 0. The maximum Gasteiger partial charge on any atom is 0.0110 e. The van der Waals surface area contributed by atoms with Crippen molar-refractivity contribution >= 4 is 0 Å². The van der Waals surface area contributed by atoms with Crippen molar-refractivity contribution in [2.24, 2.45) is 11.8 Å². The second-order valence-electron chi connectivity index (χ2n) is 5.52. The molecule has 0 bridgehead atoms. The summed E-state index contributed by atoms with van der Waals surface area (Å²) in [5.41, 5.74) is 0. The van der Waals surface area contributed by atoms with Gasteiger partial charge in [0.05, 0.1) is 0 Å². The fraction of sp³-hybridized carbons (Fsp3) is 1.00. The minimum atomic E-state index is 0.993. The number of hydrogen-bond acceptors (Lipinski definition) is 2. The van der Waals surface area contributed by atoms with E-state index in [9.17, 15) is 0 Å². The lowest BCUT2D eigenvalue weighted by molar-refractivity contribution is 0.122. The molecule has 0 aromatic carbocycles. The Balaban J connectivity index is 1.68. The van der Waals surface area contributed by atoms with E-state index in [0.29, 0.717) is 0 Å². The molecule has 2 fully saturated rings. The minimum Gasteiger partial charge on any atom is -0.301 e. The van der Waals surface area contributed by atoms with Gasteiger partial charge in [0.25, 0.3) is 0 Å². The zero-order chi connectivity index (χ0) is 10.7. The van der Waals surface area contributed by atoms with E-state index in [1.807, 2.05) is 0 Å². The molecule has 2 atom stereocenters. The maximum atomic E-state index is 2.69. The van der Waals surface area contributed by atoms with E-state index in [1.165, 1.54) is 58.5 Å². The van der Waals surface area contributed by atoms with Gasteiger partial charge < -0.3 is 9.80 Å². The van der Waals surface area contributed by atoms with Crippen LogP contribution in [0.2, 0.25) is 0 Å². The topological polar surface area (TPSA) is 6.48 Å². The van der Waals surface area contributed by atoms with Gasteiger partial charge in [-0.05, 0) is 31.2 Å².